The van der Waals surface area contributed by atoms with Gasteiger partial charge in [0.1, 0.15) is 0 Å². The van der Waals surface area contributed by atoms with E-state index in [1.54, 1.807) is 12.4 Å². The third kappa shape index (κ3) is 0.739. The lowest BCUT2D eigenvalue weighted by Crippen LogP contribution is -2.22. The maximum absolute atomic E-state index is 10.7. The van der Waals surface area contributed by atoms with Gasteiger partial charge in [-0.2, -0.15) is 9.78 Å². The average molecular weight is 150 g/mol. The first-order valence-electron chi connectivity index (χ1n) is 3.15. The number of aliphatic imine (C=N–C) groups is 1. The molecule has 5 heteroatoms. The van der Waals surface area contributed by atoms with E-state index in [-0.39, 0.29) is 0 Å². The number of hydrogen-bond acceptors (Lipinski definition) is 3. The van der Waals surface area contributed by atoms with Crippen LogP contribution in [-0.2, 0) is 6.54 Å². The number of nitrogens with two attached hydrogens (primary N) is 1. The zero-order valence-electron chi connectivity index (χ0n) is 5.69. The van der Waals surface area contributed by atoms with Crippen LogP contribution in [0.1, 0.15) is 11.3 Å². The number of fused-ring (bicyclic) bond motifs is 1. The molecule has 0 aliphatic carbocycles. The molecule has 11 heavy (non-hydrogen) atoms. The fourth-order valence-corrected chi connectivity index (χ4v) is 1.06. The molecule has 0 aromatic carbocycles. The van der Waals surface area contributed by atoms with E-state index in [0.717, 1.165) is 10.2 Å². The number of primary amides is 1. The summed E-state index contributed by atoms with van der Waals surface area (Å²) in [4.78, 5) is 14.6. The number of rotatable bonds is 0. The minimum atomic E-state index is -0.570. The van der Waals surface area contributed by atoms with Crippen LogP contribution >= 0.6 is 0 Å². The lowest BCUT2D eigenvalue weighted by atomic mass is 10.3. The van der Waals surface area contributed by atoms with Crippen molar-refractivity contribution >= 4 is 12.2 Å². The minimum absolute atomic E-state index is 0.570. The summed E-state index contributed by atoms with van der Waals surface area (Å²) in [6.07, 6.45) is 3.21. The molecule has 2 N–H and O–H groups in total. The fraction of sp³-hybridized carbons (Fsp3) is 0.167. The van der Waals surface area contributed by atoms with Crippen LogP contribution in [0, 0.1) is 0 Å². The Kier molecular flexibility index (Phi) is 1.06. The zero-order chi connectivity index (χ0) is 7.84. The highest BCUT2D eigenvalue weighted by molar-refractivity contribution is 5.88. The predicted octanol–water partition coefficient (Wildman–Crippen LogP) is -0.258. The number of aromatic nitrogens is 2. The van der Waals surface area contributed by atoms with Crippen molar-refractivity contribution in [3.8, 4) is 0 Å². The first-order valence-corrected chi connectivity index (χ1v) is 3.15. The number of carbonyl (C=O) groups is 1. The summed E-state index contributed by atoms with van der Waals surface area (Å²) >= 11 is 0. The normalized spacial score (nSPS) is 13.5. The van der Waals surface area contributed by atoms with Crippen molar-refractivity contribution in [3.05, 3.63) is 17.5 Å². The third-order valence-electron chi connectivity index (χ3n) is 1.57. The Bertz CT molecular complexity index is 338. The summed E-state index contributed by atoms with van der Waals surface area (Å²) in [6, 6.07) is -0.570. The van der Waals surface area contributed by atoms with Crippen molar-refractivity contribution in [2.45, 2.75) is 6.54 Å². The molecule has 0 bridgehead atoms. The SMILES string of the molecule is NC(=O)n1ncc2c1C=NC2. The maximum Gasteiger partial charge on any atom is 0.340 e. The monoisotopic (exact) mass is 150 g/mol. The number of hydrogen-bond donors (Lipinski definition) is 1. The van der Waals surface area contributed by atoms with E-state index >= 15 is 0 Å². The summed E-state index contributed by atoms with van der Waals surface area (Å²) in [5, 5.41) is 3.79. The van der Waals surface area contributed by atoms with Gasteiger partial charge in [-0.25, -0.2) is 4.79 Å². The molecule has 1 aliphatic rings. The molecule has 0 radical (unpaired) electrons. The summed E-state index contributed by atoms with van der Waals surface area (Å²) < 4.78 is 1.14. The first kappa shape index (κ1) is 6.09. The van der Waals surface area contributed by atoms with Crippen molar-refractivity contribution in [3.63, 3.8) is 0 Å². The number of carbonyl (C=O) groups excluding carboxylic acids is 1. The molecular formula is C6H6N4O. The van der Waals surface area contributed by atoms with Gasteiger partial charge in [-0.15, -0.1) is 0 Å². The molecule has 1 amide bonds. The smallest absolute Gasteiger partial charge is 0.340 e. The summed E-state index contributed by atoms with van der Waals surface area (Å²) in [5.74, 6) is 0. The van der Waals surface area contributed by atoms with Gasteiger partial charge in [0.2, 0.25) is 0 Å². The van der Waals surface area contributed by atoms with Crippen LogP contribution in [0.4, 0.5) is 4.79 Å². The third-order valence-corrected chi connectivity index (χ3v) is 1.57. The van der Waals surface area contributed by atoms with Gasteiger partial charge >= 0.3 is 6.03 Å². The quantitative estimate of drug-likeness (QED) is 0.553. The zero-order valence-corrected chi connectivity index (χ0v) is 5.69. The van der Waals surface area contributed by atoms with Crippen LogP contribution in [0.3, 0.4) is 0 Å². The van der Waals surface area contributed by atoms with E-state index in [1.165, 1.54) is 0 Å². The van der Waals surface area contributed by atoms with E-state index < -0.39 is 6.03 Å². The molecule has 1 aromatic rings. The van der Waals surface area contributed by atoms with Crippen LogP contribution < -0.4 is 5.73 Å². The van der Waals surface area contributed by atoms with Crippen molar-refractivity contribution < 1.29 is 4.79 Å². The van der Waals surface area contributed by atoms with Crippen LogP contribution in [0.25, 0.3) is 0 Å². The molecule has 1 aromatic heterocycles. The van der Waals surface area contributed by atoms with E-state index in [9.17, 15) is 4.79 Å². The van der Waals surface area contributed by atoms with E-state index in [1.807, 2.05) is 0 Å². The Morgan fingerprint density at radius 1 is 1.73 bits per heavy atom. The van der Waals surface area contributed by atoms with Crippen LogP contribution in [-0.4, -0.2) is 22.0 Å². The van der Waals surface area contributed by atoms with Gasteiger partial charge < -0.3 is 5.73 Å². The second-order valence-corrected chi connectivity index (χ2v) is 2.27. The molecule has 1 aliphatic heterocycles. The Morgan fingerprint density at radius 3 is 3.27 bits per heavy atom. The highest BCUT2D eigenvalue weighted by Gasteiger charge is 2.14. The van der Waals surface area contributed by atoms with Gasteiger partial charge in [-0.05, 0) is 0 Å². The van der Waals surface area contributed by atoms with Crippen molar-refractivity contribution in [1.82, 2.24) is 9.78 Å². The molecule has 0 spiro atoms. The molecule has 56 valence electrons. The Balaban J connectivity index is 2.58. The molecule has 0 fully saturated rings. The van der Waals surface area contributed by atoms with Crippen molar-refractivity contribution in [1.29, 1.82) is 0 Å². The molecule has 0 saturated carbocycles. The number of nitrogens with zero attached hydrogens (tertiary/aromatic N) is 3. The molecule has 0 atom stereocenters. The van der Waals surface area contributed by atoms with Gasteiger partial charge in [-0.3, -0.25) is 4.99 Å². The van der Waals surface area contributed by atoms with Crippen LogP contribution in [0.5, 0.6) is 0 Å². The number of amides is 1. The Morgan fingerprint density at radius 2 is 2.55 bits per heavy atom. The summed E-state index contributed by atoms with van der Waals surface area (Å²) in [6.45, 7) is 0.600. The fourth-order valence-electron chi connectivity index (χ4n) is 1.06. The first-order chi connectivity index (χ1) is 5.29. The molecule has 2 heterocycles. The second kappa shape index (κ2) is 1.91. The van der Waals surface area contributed by atoms with Gasteiger partial charge in [0.05, 0.1) is 18.4 Å². The lowest BCUT2D eigenvalue weighted by molar-refractivity contribution is 0.247. The largest absolute Gasteiger partial charge is 0.350 e. The maximum atomic E-state index is 10.7. The molecule has 0 saturated heterocycles. The highest BCUT2D eigenvalue weighted by Crippen LogP contribution is 2.12. The molecular weight excluding hydrogens is 144 g/mol. The van der Waals surface area contributed by atoms with Gasteiger partial charge in [0, 0.05) is 11.8 Å². The van der Waals surface area contributed by atoms with Gasteiger partial charge in [-0.1, -0.05) is 0 Å². The summed E-state index contributed by atoms with van der Waals surface area (Å²) in [7, 11) is 0. The molecule has 2 rings (SSSR count). The average Bonchev–Trinajstić information content (AvgIpc) is 2.41. The molecule has 5 nitrogen and oxygen atoms in total. The highest BCUT2D eigenvalue weighted by atomic mass is 16.2. The lowest BCUT2D eigenvalue weighted by Gasteiger charge is -1.93. The topological polar surface area (TPSA) is 73.3 Å². The predicted molar refractivity (Wildman–Crippen MR) is 38.5 cm³/mol. The second-order valence-electron chi connectivity index (χ2n) is 2.27. The Hall–Kier alpha value is -1.65. The van der Waals surface area contributed by atoms with Gasteiger partial charge in [0.15, 0.2) is 0 Å². The standard InChI is InChI=1S/C6H6N4O/c7-6(11)10-5-3-8-1-4(5)2-9-10/h2-3H,1H2,(H2,7,11). The van der Waals surface area contributed by atoms with E-state index in [4.69, 9.17) is 5.73 Å². The molecule has 0 unspecified atom stereocenters. The van der Waals surface area contributed by atoms with Crippen molar-refractivity contribution in [2.24, 2.45) is 10.7 Å². The minimum Gasteiger partial charge on any atom is -0.350 e. The van der Waals surface area contributed by atoms with Crippen LogP contribution in [0.2, 0.25) is 0 Å². The van der Waals surface area contributed by atoms with Gasteiger partial charge in [0.25, 0.3) is 0 Å². The van der Waals surface area contributed by atoms with E-state index in [2.05, 4.69) is 10.1 Å². The Labute approximate surface area is 62.5 Å². The summed E-state index contributed by atoms with van der Waals surface area (Å²) in [5.41, 5.74) is 6.69. The van der Waals surface area contributed by atoms with Crippen molar-refractivity contribution in [2.75, 3.05) is 0 Å². The van der Waals surface area contributed by atoms with E-state index in [0.29, 0.717) is 12.2 Å². The van der Waals surface area contributed by atoms with Crippen LogP contribution in [0.15, 0.2) is 11.2 Å².